The molecular formula is C48H27N3OS. The molecule has 4 nitrogen and oxygen atoms in total. The van der Waals surface area contributed by atoms with Gasteiger partial charge in [-0.1, -0.05) is 115 Å². The molecule has 246 valence electrons. The minimum atomic E-state index is 0.573. The molecule has 0 aliphatic carbocycles. The number of fused-ring (bicyclic) bond motifs is 12. The van der Waals surface area contributed by atoms with Crippen molar-refractivity contribution in [3.05, 3.63) is 164 Å². The lowest BCUT2D eigenvalue weighted by molar-refractivity contribution is 0.651. The number of hydrogen-bond donors (Lipinski definition) is 0. The molecular weight excluding hydrogens is 667 g/mol. The van der Waals surface area contributed by atoms with E-state index < -0.39 is 0 Å². The van der Waals surface area contributed by atoms with E-state index in [2.05, 4.69) is 150 Å². The average Bonchev–Trinajstić information content (AvgIpc) is 3.89. The highest BCUT2D eigenvalue weighted by Crippen LogP contribution is 2.43. The molecule has 12 rings (SSSR count). The van der Waals surface area contributed by atoms with Gasteiger partial charge in [-0.3, -0.25) is 4.57 Å². The quantitative estimate of drug-likeness (QED) is 0.185. The summed E-state index contributed by atoms with van der Waals surface area (Å²) < 4.78 is 11.3. The molecule has 0 saturated carbocycles. The molecule has 53 heavy (non-hydrogen) atoms. The van der Waals surface area contributed by atoms with Crippen molar-refractivity contribution in [2.24, 2.45) is 0 Å². The van der Waals surface area contributed by atoms with Crippen molar-refractivity contribution in [1.29, 1.82) is 0 Å². The molecule has 0 bridgehead atoms. The van der Waals surface area contributed by atoms with Crippen molar-refractivity contribution in [1.82, 2.24) is 14.5 Å². The fraction of sp³-hybridized carbons (Fsp3) is 0. The summed E-state index contributed by atoms with van der Waals surface area (Å²) in [6.07, 6.45) is 0. The zero-order chi connectivity index (χ0) is 34.6. The molecule has 0 fully saturated rings. The summed E-state index contributed by atoms with van der Waals surface area (Å²) >= 11 is 1.85. The number of thiophene rings is 1. The molecule has 12 aromatic rings. The van der Waals surface area contributed by atoms with Crippen LogP contribution in [0.4, 0.5) is 0 Å². The second-order valence-corrected chi connectivity index (χ2v) is 14.9. The van der Waals surface area contributed by atoms with Gasteiger partial charge in [0.2, 0.25) is 11.7 Å². The van der Waals surface area contributed by atoms with Gasteiger partial charge in [-0.05, 0) is 81.2 Å². The van der Waals surface area contributed by atoms with E-state index in [1.54, 1.807) is 0 Å². The first-order chi connectivity index (χ1) is 26.2. The van der Waals surface area contributed by atoms with Gasteiger partial charge in [0, 0.05) is 41.9 Å². The van der Waals surface area contributed by atoms with Crippen LogP contribution in [-0.2, 0) is 0 Å². The second-order valence-electron chi connectivity index (χ2n) is 13.8. The minimum absolute atomic E-state index is 0.573. The lowest BCUT2D eigenvalue weighted by Gasteiger charge is -2.11. The lowest BCUT2D eigenvalue weighted by atomic mass is 9.98. The number of para-hydroxylation sites is 2. The van der Waals surface area contributed by atoms with E-state index in [1.807, 2.05) is 29.5 Å². The topological polar surface area (TPSA) is 43.9 Å². The standard InChI is InChI=1S/C48H27N3OS/c1-2-10-28(11-3-1)29-18-19-31-25-33(21-20-30(31)24-29)46-45-35-13-5-8-16-41(35)52-47(45)50-48(49-46)51-39-15-7-4-12-34(39)38-27-37-32(26-40(38)51)22-23-43-44(37)36-14-6-9-17-42(36)53-43/h1-27H. The zero-order valence-corrected chi connectivity index (χ0v) is 29.1. The number of hydrogen-bond acceptors (Lipinski definition) is 4. The number of furan rings is 1. The number of aromatic nitrogens is 3. The van der Waals surface area contributed by atoms with Crippen LogP contribution in [0.15, 0.2) is 168 Å². The smallest absolute Gasteiger partial charge is 0.238 e. The molecule has 5 heteroatoms. The monoisotopic (exact) mass is 693 g/mol. The van der Waals surface area contributed by atoms with Crippen LogP contribution in [0.5, 0.6) is 0 Å². The van der Waals surface area contributed by atoms with E-state index in [0.717, 1.165) is 49.4 Å². The summed E-state index contributed by atoms with van der Waals surface area (Å²) in [6, 6.07) is 58.5. The Labute approximate surface area is 306 Å². The maximum absolute atomic E-state index is 6.52. The van der Waals surface area contributed by atoms with E-state index >= 15 is 0 Å². The summed E-state index contributed by atoms with van der Waals surface area (Å²) in [7, 11) is 0. The predicted octanol–water partition coefficient (Wildman–Crippen LogP) is 13.5. The lowest BCUT2D eigenvalue weighted by Crippen LogP contribution is -2.03. The molecule has 0 aliphatic heterocycles. The Morgan fingerprint density at radius 1 is 0.434 bits per heavy atom. The van der Waals surface area contributed by atoms with Crippen LogP contribution >= 0.6 is 11.3 Å². The molecule has 0 saturated heterocycles. The Bertz CT molecular complexity index is 3460. The first kappa shape index (κ1) is 28.8. The Balaban J connectivity index is 1.13. The third kappa shape index (κ3) is 4.23. The van der Waals surface area contributed by atoms with E-state index in [0.29, 0.717) is 11.7 Å². The molecule has 0 N–H and O–H groups in total. The van der Waals surface area contributed by atoms with E-state index in [1.165, 1.54) is 52.8 Å². The first-order valence-corrected chi connectivity index (χ1v) is 18.6. The molecule has 0 unspecified atom stereocenters. The van der Waals surface area contributed by atoms with Gasteiger partial charge in [-0.15, -0.1) is 11.3 Å². The molecule has 0 aliphatic rings. The molecule has 0 amide bonds. The molecule has 4 heterocycles. The van der Waals surface area contributed by atoms with Crippen LogP contribution in [-0.4, -0.2) is 14.5 Å². The van der Waals surface area contributed by atoms with Gasteiger partial charge in [-0.2, -0.15) is 4.98 Å². The fourth-order valence-electron chi connectivity index (χ4n) is 8.35. The SMILES string of the molecule is c1ccc(-c2ccc3cc(-c4nc(-n5c6ccccc6c6cc7c(ccc8sc9ccccc9c87)cc65)nc5oc6ccccc6c45)ccc3c2)cc1. The highest BCUT2D eigenvalue weighted by Gasteiger charge is 2.22. The second kappa shape index (κ2) is 10.8. The molecule has 0 spiro atoms. The molecule has 0 atom stereocenters. The van der Waals surface area contributed by atoms with Gasteiger partial charge in [-0.25, -0.2) is 4.98 Å². The van der Waals surface area contributed by atoms with Crippen LogP contribution in [0, 0.1) is 0 Å². The Morgan fingerprint density at radius 2 is 1.15 bits per heavy atom. The maximum Gasteiger partial charge on any atom is 0.238 e. The van der Waals surface area contributed by atoms with E-state index in [-0.39, 0.29) is 0 Å². The summed E-state index contributed by atoms with van der Waals surface area (Å²) in [6.45, 7) is 0. The summed E-state index contributed by atoms with van der Waals surface area (Å²) in [5.41, 5.74) is 7.75. The van der Waals surface area contributed by atoms with Crippen molar-refractivity contribution in [2.45, 2.75) is 0 Å². The number of benzene rings is 8. The minimum Gasteiger partial charge on any atom is -0.437 e. The summed E-state index contributed by atoms with van der Waals surface area (Å²) in [5, 5.41) is 11.7. The van der Waals surface area contributed by atoms with E-state index in [4.69, 9.17) is 14.4 Å². The van der Waals surface area contributed by atoms with Crippen LogP contribution in [0.3, 0.4) is 0 Å². The highest BCUT2D eigenvalue weighted by molar-refractivity contribution is 7.26. The number of rotatable bonds is 3. The Kier molecular flexibility index (Phi) is 5.90. The van der Waals surface area contributed by atoms with Crippen LogP contribution < -0.4 is 0 Å². The summed E-state index contributed by atoms with van der Waals surface area (Å²) in [4.78, 5) is 10.7. The maximum atomic E-state index is 6.52. The molecule has 8 aromatic carbocycles. The fourth-order valence-corrected chi connectivity index (χ4v) is 9.47. The molecule has 0 radical (unpaired) electrons. The zero-order valence-electron chi connectivity index (χ0n) is 28.2. The van der Waals surface area contributed by atoms with Gasteiger partial charge >= 0.3 is 0 Å². The predicted molar refractivity (Wildman–Crippen MR) is 222 cm³/mol. The van der Waals surface area contributed by atoms with Gasteiger partial charge in [0.25, 0.3) is 0 Å². The van der Waals surface area contributed by atoms with Gasteiger partial charge < -0.3 is 4.42 Å². The molecule has 4 aromatic heterocycles. The van der Waals surface area contributed by atoms with Crippen molar-refractivity contribution in [2.75, 3.05) is 0 Å². The van der Waals surface area contributed by atoms with Crippen LogP contribution in [0.2, 0.25) is 0 Å². The van der Waals surface area contributed by atoms with Crippen molar-refractivity contribution >= 4 is 96.9 Å². The van der Waals surface area contributed by atoms with E-state index in [9.17, 15) is 0 Å². The van der Waals surface area contributed by atoms with Crippen molar-refractivity contribution < 1.29 is 4.42 Å². The first-order valence-electron chi connectivity index (χ1n) is 17.8. The van der Waals surface area contributed by atoms with Crippen molar-refractivity contribution in [3.63, 3.8) is 0 Å². The number of nitrogens with zero attached hydrogens (tertiary/aromatic N) is 3. The Hall–Kier alpha value is -6.82. The summed E-state index contributed by atoms with van der Waals surface area (Å²) in [5.74, 6) is 0.582. The third-order valence-electron chi connectivity index (χ3n) is 10.8. The average molecular weight is 694 g/mol. The van der Waals surface area contributed by atoms with Crippen molar-refractivity contribution in [3.8, 4) is 28.3 Å². The van der Waals surface area contributed by atoms with Gasteiger partial charge in [0.15, 0.2) is 0 Å². The largest absolute Gasteiger partial charge is 0.437 e. The van der Waals surface area contributed by atoms with Crippen LogP contribution in [0.25, 0.3) is 114 Å². The van der Waals surface area contributed by atoms with Crippen LogP contribution in [0.1, 0.15) is 0 Å². The normalized spacial score (nSPS) is 12.2. The van der Waals surface area contributed by atoms with Gasteiger partial charge in [0.05, 0.1) is 22.1 Å². The van der Waals surface area contributed by atoms with Gasteiger partial charge in [0.1, 0.15) is 5.58 Å². The Morgan fingerprint density at radius 3 is 2.04 bits per heavy atom. The highest BCUT2D eigenvalue weighted by atomic mass is 32.1. The third-order valence-corrected chi connectivity index (χ3v) is 11.9.